The van der Waals surface area contributed by atoms with Gasteiger partial charge in [0.1, 0.15) is 0 Å². The number of nitrogens with zero attached hydrogens (tertiary/aromatic N) is 4. The molecular formula is C13H22N4. The molecule has 1 aliphatic rings. The molecule has 1 aromatic heterocycles. The van der Waals surface area contributed by atoms with E-state index in [1.807, 2.05) is 6.20 Å². The van der Waals surface area contributed by atoms with Gasteiger partial charge in [0.2, 0.25) is 5.95 Å². The molecule has 2 heterocycles. The molecule has 17 heavy (non-hydrogen) atoms. The first-order valence-corrected chi connectivity index (χ1v) is 6.54. The number of hydrogen-bond acceptors (Lipinski definition) is 4. The molecule has 0 saturated carbocycles. The largest absolute Gasteiger partial charge is 0.338 e. The number of hydrogen-bond donors (Lipinski definition) is 0. The van der Waals surface area contributed by atoms with Crippen LogP contribution in [0.3, 0.4) is 0 Å². The van der Waals surface area contributed by atoms with Crippen LogP contribution in [0, 0.1) is 6.92 Å². The average molecular weight is 234 g/mol. The van der Waals surface area contributed by atoms with Crippen molar-refractivity contribution < 1.29 is 0 Å². The third-order valence-corrected chi connectivity index (χ3v) is 3.55. The van der Waals surface area contributed by atoms with Gasteiger partial charge < -0.3 is 9.80 Å². The Morgan fingerprint density at radius 2 is 1.88 bits per heavy atom. The Hall–Kier alpha value is -1.16. The van der Waals surface area contributed by atoms with Gasteiger partial charge in [-0.2, -0.15) is 0 Å². The van der Waals surface area contributed by atoms with E-state index in [1.54, 1.807) is 0 Å². The quantitative estimate of drug-likeness (QED) is 0.793. The molecule has 0 radical (unpaired) electrons. The molecule has 1 aliphatic heterocycles. The molecule has 1 aromatic rings. The smallest absolute Gasteiger partial charge is 0.225 e. The van der Waals surface area contributed by atoms with Gasteiger partial charge >= 0.3 is 0 Å². The first kappa shape index (κ1) is 12.3. The van der Waals surface area contributed by atoms with Crippen LogP contribution in [-0.2, 0) is 6.42 Å². The topological polar surface area (TPSA) is 32.3 Å². The van der Waals surface area contributed by atoms with Crippen molar-refractivity contribution in [2.24, 2.45) is 0 Å². The van der Waals surface area contributed by atoms with Gasteiger partial charge in [0.05, 0.1) is 0 Å². The Morgan fingerprint density at radius 3 is 2.41 bits per heavy atom. The number of aryl methyl sites for hydroxylation is 2. The third-order valence-electron chi connectivity index (χ3n) is 3.55. The van der Waals surface area contributed by atoms with Crippen molar-refractivity contribution in [1.29, 1.82) is 0 Å². The highest BCUT2D eigenvalue weighted by Gasteiger charge is 2.17. The Balaban J connectivity index is 2.06. The maximum atomic E-state index is 4.61. The molecule has 94 valence electrons. The summed E-state index contributed by atoms with van der Waals surface area (Å²) in [4.78, 5) is 13.8. The minimum absolute atomic E-state index is 0.899. The van der Waals surface area contributed by atoms with Crippen LogP contribution in [0.15, 0.2) is 6.20 Å². The second-order valence-electron chi connectivity index (χ2n) is 4.56. The lowest BCUT2D eigenvalue weighted by molar-refractivity contribution is 0.270. The second-order valence-corrected chi connectivity index (χ2v) is 4.56. The van der Waals surface area contributed by atoms with Crippen molar-refractivity contribution in [3.8, 4) is 0 Å². The lowest BCUT2D eigenvalue weighted by Crippen LogP contribution is -2.46. The molecule has 4 nitrogen and oxygen atoms in total. The summed E-state index contributed by atoms with van der Waals surface area (Å²) in [6, 6.07) is 0. The van der Waals surface area contributed by atoms with Crippen molar-refractivity contribution in [3.05, 3.63) is 17.5 Å². The van der Waals surface area contributed by atoms with E-state index >= 15 is 0 Å². The van der Waals surface area contributed by atoms with Crippen LogP contribution >= 0.6 is 0 Å². The maximum Gasteiger partial charge on any atom is 0.225 e. The third kappa shape index (κ3) is 2.75. The molecule has 0 atom stereocenters. The maximum absolute atomic E-state index is 4.61. The van der Waals surface area contributed by atoms with Gasteiger partial charge in [0.15, 0.2) is 0 Å². The van der Waals surface area contributed by atoms with Crippen LogP contribution in [0.5, 0.6) is 0 Å². The molecule has 0 unspecified atom stereocenters. The van der Waals surface area contributed by atoms with Crippen molar-refractivity contribution >= 4 is 5.95 Å². The molecule has 0 spiro atoms. The summed E-state index contributed by atoms with van der Waals surface area (Å²) in [6.07, 6.45) is 2.99. The SMILES string of the molecule is CCc1cnc(N2CCN(CC)CC2)nc1C. The molecule has 0 amide bonds. The van der Waals surface area contributed by atoms with Crippen LogP contribution in [0.2, 0.25) is 0 Å². The predicted molar refractivity (Wildman–Crippen MR) is 70.5 cm³/mol. The van der Waals surface area contributed by atoms with Crippen LogP contribution < -0.4 is 4.90 Å². The van der Waals surface area contributed by atoms with Crippen LogP contribution in [0.25, 0.3) is 0 Å². The fourth-order valence-corrected chi connectivity index (χ4v) is 2.24. The van der Waals surface area contributed by atoms with Crippen molar-refractivity contribution in [2.75, 3.05) is 37.6 Å². The van der Waals surface area contributed by atoms with E-state index in [9.17, 15) is 0 Å². The van der Waals surface area contributed by atoms with E-state index in [4.69, 9.17) is 0 Å². The van der Waals surface area contributed by atoms with Crippen LogP contribution in [0.1, 0.15) is 25.1 Å². The van der Waals surface area contributed by atoms with E-state index in [-0.39, 0.29) is 0 Å². The van der Waals surface area contributed by atoms with Gasteiger partial charge in [-0.1, -0.05) is 13.8 Å². The van der Waals surface area contributed by atoms with Gasteiger partial charge in [0.25, 0.3) is 0 Å². The predicted octanol–water partition coefficient (Wildman–Crippen LogP) is 1.49. The second kappa shape index (κ2) is 5.45. The number of rotatable bonds is 3. The summed E-state index contributed by atoms with van der Waals surface area (Å²) in [5.41, 5.74) is 2.37. The first-order chi connectivity index (χ1) is 8.24. The highest BCUT2D eigenvalue weighted by atomic mass is 15.3. The van der Waals surface area contributed by atoms with E-state index in [0.717, 1.165) is 50.8 Å². The zero-order valence-corrected chi connectivity index (χ0v) is 11.1. The summed E-state index contributed by atoms with van der Waals surface area (Å²) >= 11 is 0. The molecule has 0 aliphatic carbocycles. The molecular weight excluding hydrogens is 212 g/mol. The summed E-state index contributed by atoms with van der Waals surface area (Å²) in [5.74, 6) is 0.899. The first-order valence-electron chi connectivity index (χ1n) is 6.54. The summed E-state index contributed by atoms with van der Waals surface area (Å²) in [6.45, 7) is 11.9. The minimum Gasteiger partial charge on any atom is -0.338 e. The van der Waals surface area contributed by atoms with E-state index in [0.29, 0.717) is 0 Å². The highest BCUT2D eigenvalue weighted by molar-refractivity contribution is 5.33. The van der Waals surface area contributed by atoms with E-state index < -0.39 is 0 Å². The van der Waals surface area contributed by atoms with Crippen molar-refractivity contribution in [1.82, 2.24) is 14.9 Å². The van der Waals surface area contributed by atoms with Gasteiger partial charge in [-0.05, 0) is 25.5 Å². The highest BCUT2D eigenvalue weighted by Crippen LogP contribution is 2.13. The normalized spacial score (nSPS) is 17.5. The fourth-order valence-electron chi connectivity index (χ4n) is 2.24. The van der Waals surface area contributed by atoms with Gasteiger partial charge in [-0.15, -0.1) is 0 Å². The zero-order chi connectivity index (χ0) is 12.3. The number of piperazine rings is 1. The average Bonchev–Trinajstić information content (AvgIpc) is 2.39. The zero-order valence-electron chi connectivity index (χ0n) is 11.1. The Kier molecular flexibility index (Phi) is 3.94. The van der Waals surface area contributed by atoms with Gasteiger partial charge in [-0.25, -0.2) is 9.97 Å². The number of aromatic nitrogens is 2. The summed E-state index contributed by atoms with van der Waals surface area (Å²) < 4.78 is 0. The molecule has 0 N–H and O–H groups in total. The lowest BCUT2D eigenvalue weighted by atomic mass is 10.2. The van der Waals surface area contributed by atoms with Gasteiger partial charge in [0, 0.05) is 38.1 Å². The Labute approximate surface area is 104 Å². The summed E-state index contributed by atoms with van der Waals surface area (Å²) in [7, 11) is 0. The molecule has 1 saturated heterocycles. The Morgan fingerprint density at radius 1 is 1.18 bits per heavy atom. The minimum atomic E-state index is 0.899. The fraction of sp³-hybridized carbons (Fsp3) is 0.692. The van der Waals surface area contributed by atoms with Crippen LogP contribution in [0.4, 0.5) is 5.95 Å². The molecule has 0 aromatic carbocycles. The summed E-state index contributed by atoms with van der Waals surface area (Å²) in [5, 5.41) is 0. The van der Waals surface area contributed by atoms with E-state index in [1.165, 1.54) is 5.56 Å². The monoisotopic (exact) mass is 234 g/mol. The van der Waals surface area contributed by atoms with Gasteiger partial charge in [-0.3, -0.25) is 0 Å². The Bertz CT molecular complexity index is 370. The lowest BCUT2D eigenvalue weighted by Gasteiger charge is -2.34. The molecule has 4 heteroatoms. The van der Waals surface area contributed by atoms with Crippen LogP contribution in [-0.4, -0.2) is 47.6 Å². The van der Waals surface area contributed by atoms with Crippen molar-refractivity contribution in [2.45, 2.75) is 27.2 Å². The van der Waals surface area contributed by atoms with E-state index in [2.05, 4.69) is 40.5 Å². The number of likely N-dealkylation sites (N-methyl/N-ethyl adjacent to an activating group) is 1. The standard InChI is InChI=1S/C13H22N4/c1-4-12-10-14-13(15-11(12)3)17-8-6-16(5-2)7-9-17/h10H,4-9H2,1-3H3. The number of anilines is 1. The molecule has 2 rings (SSSR count). The molecule has 0 bridgehead atoms. The van der Waals surface area contributed by atoms with Crippen molar-refractivity contribution in [3.63, 3.8) is 0 Å². The molecule has 1 fully saturated rings.